The smallest absolute Gasteiger partial charge is 0.261 e. The van der Waals surface area contributed by atoms with Crippen LogP contribution in [0, 0.1) is 0 Å². The highest BCUT2D eigenvalue weighted by atomic mass is 32.1. The van der Waals surface area contributed by atoms with Gasteiger partial charge in [-0.2, -0.15) is 0 Å². The average molecular weight is 236 g/mol. The highest BCUT2D eigenvalue weighted by Gasteiger charge is 2.11. The molecular weight excluding hydrogens is 224 g/mol. The number of nitrogens with zero attached hydrogens (tertiary/aromatic N) is 3. The number of rotatable bonds is 2. The molecule has 2 heterocycles. The van der Waals surface area contributed by atoms with E-state index in [1.165, 1.54) is 11.3 Å². The minimum absolute atomic E-state index is 0.0614. The van der Waals surface area contributed by atoms with Gasteiger partial charge in [-0.25, -0.2) is 0 Å². The van der Waals surface area contributed by atoms with Crippen molar-refractivity contribution in [3.05, 3.63) is 28.7 Å². The molecule has 0 fully saturated rings. The Labute approximate surface area is 96.6 Å². The van der Waals surface area contributed by atoms with E-state index in [2.05, 4.69) is 10.2 Å². The highest BCUT2D eigenvalue weighted by molar-refractivity contribution is 7.18. The summed E-state index contributed by atoms with van der Waals surface area (Å²) in [4.78, 5) is 12.1. The summed E-state index contributed by atoms with van der Waals surface area (Å²) in [7, 11) is 0. The Balaban J connectivity index is 2.59. The fourth-order valence-corrected chi connectivity index (χ4v) is 2.05. The first kappa shape index (κ1) is 10.8. The van der Waals surface area contributed by atoms with Crippen molar-refractivity contribution < 1.29 is 0 Å². The van der Waals surface area contributed by atoms with E-state index < -0.39 is 0 Å². The van der Waals surface area contributed by atoms with Crippen molar-refractivity contribution in [3.63, 3.8) is 0 Å². The van der Waals surface area contributed by atoms with Crippen LogP contribution in [0.1, 0.15) is 19.9 Å². The maximum absolute atomic E-state index is 12.1. The molecule has 0 bridgehead atoms. The molecule has 0 spiro atoms. The summed E-state index contributed by atoms with van der Waals surface area (Å²) in [5.74, 6) is 0. The first-order valence-corrected chi connectivity index (χ1v) is 5.71. The summed E-state index contributed by atoms with van der Waals surface area (Å²) < 4.78 is 1.66. The predicted octanol–water partition coefficient (Wildman–Crippen LogP) is 1.53. The molecule has 0 aliphatic heterocycles. The lowest BCUT2D eigenvalue weighted by atomic mass is 10.2. The lowest BCUT2D eigenvalue weighted by molar-refractivity contribution is 0.579. The van der Waals surface area contributed by atoms with Gasteiger partial charge in [-0.3, -0.25) is 4.79 Å². The molecule has 2 N–H and O–H groups in total. The third-order valence-electron chi connectivity index (χ3n) is 2.20. The molecule has 2 aromatic heterocycles. The zero-order valence-corrected chi connectivity index (χ0v) is 9.86. The lowest BCUT2D eigenvalue weighted by Crippen LogP contribution is -2.22. The Bertz CT molecular complexity index is 558. The van der Waals surface area contributed by atoms with Gasteiger partial charge in [-0.1, -0.05) is 11.3 Å². The van der Waals surface area contributed by atoms with Crippen LogP contribution in [0.4, 0.5) is 5.13 Å². The van der Waals surface area contributed by atoms with Crippen LogP contribution in [0.2, 0.25) is 0 Å². The molecule has 16 heavy (non-hydrogen) atoms. The van der Waals surface area contributed by atoms with Crippen molar-refractivity contribution in [1.82, 2.24) is 14.8 Å². The van der Waals surface area contributed by atoms with Gasteiger partial charge in [-0.05, 0) is 26.0 Å². The average Bonchev–Trinajstić information content (AvgIpc) is 2.64. The van der Waals surface area contributed by atoms with Crippen LogP contribution in [0.15, 0.2) is 23.1 Å². The molecule has 2 aromatic rings. The number of pyridine rings is 1. The summed E-state index contributed by atoms with van der Waals surface area (Å²) in [5.41, 5.74) is 5.99. The Hall–Kier alpha value is -1.69. The fourth-order valence-electron chi connectivity index (χ4n) is 1.42. The van der Waals surface area contributed by atoms with Crippen LogP contribution in [-0.2, 0) is 0 Å². The third-order valence-corrected chi connectivity index (χ3v) is 2.99. The minimum Gasteiger partial charge on any atom is -0.374 e. The Morgan fingerprint density at radius 3 is 2.75 bits per heavy atom. The molecule has 0 aliphatic rings. The predicted molar refractivity (Wildman–Crippen MR) is 64.4 cm³/mol. The molecule has 5 nitrogen and oxygen atoms in total. The first-order valence-electron chi connectivity index (χ1n) is 4.90. The largest absolute Gasteiger partial charge is 0.374 e. The zero-order valence-electron chi connectivity index (χ0n) is 9.04. The van der Waals surface area contributed by atoms with Gasteiger partial charge in [0.15, 0.2) is 5.01 Å². The van der Waals surface area contributed by atoms with Crippen molar-refractivity contribution in [2.24, 2.45) is 0 Å². The normalized spacial score (nSPS) is 10.9. The molecule has 0 saturated carbocycles. The lowest BCUT2D eigenvalue weighted by Gasteiger charge is -2.09. The number of hydrogen-bond acceptors (Lipinski definition) is 5. The zero-order chi connectivity index (χ0) is 11.7. The van der Waals surface area contributed by atoms with E-state index >= 15 is 0 Å². The molecule has 6 heteroatoms. The molecule has 84 valence electrons. The van der Waals surface area contributed by atoms with Crippen LogP contribution < -0.4 is 11.3 Å². The van der Waals surface area contributed by atoms with E-state index in [-0.39, 0.29) is 11.6 Å². The van der Waals surface area contributed by atoms with Gasteiger partial charge in [0, 0.05) is 12.2 Å². The summed E-state index contributed by atoms with van der Waals surface area (Å²) >= 11 is 1.22. The quantitative estimate of drug-likeness (QED) is 0.858. The van der Waals surface area contributed by atoms with Crippen LogP contribution in [0.5, 0.6) is 0 Å². The van der Waals surface area contributed by atoms with Crippen LogP contribution >= 0.6 is 11.3 Å². The first-order chi connectivity index (χ1) is 7.59. The molecule has 0 amide bonds. The van der Waals surface area contributed by atoms with Crippen molar-refractivity contribution in [2.75, 3.05) is 5.73 Å². The van der Waals surface area contributed by atoms with E-state index in [1.54, 1.807) is 16.8 Å². The number of anilines is 1. The number of hydrogen-bond donors (Lipinski definition) is 1. The van der Waals surface area contributed by atoms with Crippen molar-refractivity contribution in [1.29, 1.82) is 0 Å². The van der Waals surface area contributed by atoms with Crippen LogP contribution in [0.3, 0.4) is 0 Å². The van der Waals surface area contributed by atoms with E-state index in [0.717, 1.165) is 0 Å². The summed E-state index contributed by atoms with van der Waals surface area (Å²) in [6, 6.07) is 3.69. The summed E-state index contributed by atoms with van der Waals surface area (Å²) in [6.07, 6.45) is 1.76. The Kier molecular flexibility index (Phi) is 2.74. The third kappa shape index (κ3) is 1.83. The topological polar surface area (TPSA) is 73.8 Å². The molecular formula is C10H12N4OS. The maximum atomic E-state index is 12.1. The van der Waals surface area contributed by atoms with Gasteiger partial charge < -0.3 is 10.3 Å². The molecule has 0 aromatic carbocycles. The Morgan fingerprint density at radius 2 is 2.19 bits per heavy atom. The van der Waals surface area contributed by atoms with Gasteiger partial charge in [0.2, 0.25) is 5.13 Å². The van der Waals surface area contributed by atoms with Crippen LogP contribution in [-0.4, -0.2) is 14.8 Å². The van der Waals surface area contributed by atoms with Crippen LogP contribution in [0.25, 0.3) is 10.6 Å². The second kappa shape index (κ2) is 4.05. The molecule has 0 unspecified atom stereocenters. The Morgan fingerprint density at radius 1 is 1.44 bits per heavy atom. The van der Waals surface area contributed by atoms with E-state index in [4.69, 9.17) is 5.73 Å². The van der Waals surface area contributed by atoms with Gasteiger partial charge in [0.25, 0.3) is 5.56 Å². The highest BCUT2D eigenvalue weighted by Crippen LogP contribution is 2.21. The van der Waals surface area contributed by atoms with E-state index in [1.807, 2.05) is 19.9 Å². The minimum atomic E-state index is -0.0614. The number of aromatic nitrogens is 3. The molecule has 0 atom stereocenters. The molecule has 0 aliphatic carbocycles. The van der Waals surface area contributed by atoms with E-state index in [9.17, 15) is 4.79 Å². The number of nitrogens with two attached hydrogens (primary N) is 1. The van der Waals surface area contributed by atoms with Gasteiger partial charge in [0.05, 0.1) is 5.56 Å². The van der Waals surface area contributed by atoms with Gasteiger partial charge >= 0.3 is 0 Å². The maximum Gasteiger partial charge on any atom is 0.261 e. The van der Waals surface area contributed by atoms with Gasteiger partial charge in [0.1, 0.15) is 0 Å². The monoisotopic (exact) mass is 236 g/mol. The van der Waals surface area contributed by atoms with Crippen molar-refractivity contribution >= 4 is 16.5 Å². The molecule has 0 radical (unpaired) electrons. The van der Waals surface area contributed by atoms with Gasteiger partial charge in [-0.15, -0.1) is 10.2 Å². The standard InChI is InChI=1S/C10H12N4OS/c1-6(2)14-5-3-4-7(9(14)15)8-12-13-10(11)16-8/h3-6H,1-2H3,(H2,11,13). The van der Waals surface area contributed by atoms with E-state index in [0.29, 0.717) is 15.7 Å². The van der Waals surface area contributed by atoms with Crippen molar-refractivity contribution in [3.8, 4) is 10.6 Å². The number of nitrogen functional groups attached to an aromatic ring is 1. The second-order valence-electron chi connectivity index (χ2n) is 3.67. The SMILES string of the molecule is CC(C)n1cccc(-c2nnc(N)s2)c1=O. The summed E-state index contributed by atoms with van der Waals surface area (Å²) in [5, 5.41) is 8.52. The second-order valence-corrected chi connectivity index (χ2v) is 4.68. The fraction of sp³-hybridized carbons (Fsp3) is 0.300. The molecule has 2 rings (SSSR count). The summed E-state index contributed by atoms with van der Waals surface area (Å²) in [6.45, 7) is 3.92. The molecule has 0 saturated heterocycles. The van der Waals surface area contributed by atoms with Crippen molar-refractivity contribution in [2.45, 2.75) is 19.9 Å².